The van der Waals surface area contributed by atoms with E-state index in [-0.39, 0.29) is 35.6 Å². The van der Waals surface area contributed by atoms with Gasteiger partial charge in [-0.2, -0.15) is 13.2 Å². The summed E-state index contributed by atoms with van der Waals surface area (Å²) in [5.41, 5.74) is -1.86. The SMILES string of the molecule is CC1CCC(C(=O)N(c2cc(F)c(Oc3ncc(CNc4ncccn4)cc3C(F)(F)F)cc2C(=O)O)C(C)C)CC1. The lowest BCUT2D eigenvalue weighted by Gasteiger charge is -2.34. The van der Waals surface area contributed by atoms with Crippen molar-refractivity contribution in [2.45, 2.75) is 65.2 Å². The smallest absolute Gasteiger partial charge is 0.421 e. The average Bonchev–Trinajstić information content (AvgIpc) is 2.93. The van der Waals surface area contributed by atoms with E-state index in [1.165, 1.54) is 17.3 Å². The zero-order valence-corrected chi connectivity index (χ0v) is 23.3. The largest absolute Gasteiger partial charge is 0.478 e. The van der Waals surface area contributed by atoms with E-state index in [9.17, 15) is 27.9 Å². The van der Waals surface area contributed by atoms with Crippen LogP contribution in [0.2, 0.25) is 0 Å². The summed E-state index contributed by atoms with van der Waals surface area (Å²) < 4.78 is 62.5. The minimum Gasteiger partial charge on any atom is -0.478 e. The van der Waals surface area contributed by atoms with Gasteiger partial charge in [0.15, 0.2) is 11.6 Å². The number of nitrogens with one attached hydrogen (secondary N) is 1. The fraction of sp³-hybridized carbons (Fsp3) is 0.414. The van der Waals surface area contributed by atoms with Crippen LogP contribution in [0.25, 0.3) is 0 Å². The minimum atomic E-state index is -4.92. The second-order valence-electron chi connectivity index (χ2n) is 10.6. The Morgan fingerprint density at radius 3 is 2.36 bits per heavy atom. The van der Waals surface area contributed by atoms with Crippen molar-refractivity contribution in [3.63, 3.8) is 0 Å². The Morgan fingerprint density at radius 2 is 1.76 bits per heavy atom. The number of halogens is 4. The number of carbonyl (C=O) groups excluding carboxylic acids is 1. The summed E-state index contributed by atoms with van der Waals surface area (Å²) >= 11 is 0. The summed E-state index contributed by atoms with van der Waals surface area (Å²) in [6.07, 6.45) is 2.06. The number of carbonyl (C=O) groups is 2. The maximum Gasteiger partial charge on any atom is 0.421 e. The van der Waals surface area contributed by atoms with Gasteiger partial charge in [0.25, 0.3) is 0 Å². The number of carboxylic acids is 1. The van der Waals surface area contributed by atoms with Crippen LogP contribution in [-0.2, 0) is 17.5 Å². The zero-order chi connectivity index (χ0) is 30.6. The zero-order valence-electron chi connectivity index (χ0n) is 23.3. The lowest BCUT2D eigenvalue weighted by Crippen LogP contribution is -2.43. The molecule has 1 aliphatic carbocycles. The first kappa shape index (κ1) is 30.7. The number of pyridine rings is 1. The highest BCUT2D eigenvalue weighted by atomic mass is 19.4. The number of amides is 1. The van der Waals surface area contributed by atoms with Gasteiger partial charge in [-0.15, -0.1) is 0 Å². The van der Waals surface area contributed by atoms with Gasteiger partial charge in [-0.05, 0) is 63.1 Å². The number of aromatic nitrogens is 3. The molecule has 9 nitrogen and oxygen atoms in total. The summed E-state index contributed by atoms with van der Waals surface area (Å²) in [5, 5.41) is 12.7. The van der Waals surface area contributed by atoms with Crippen LogP contribution < -0.4 is 15.0 Å². The normalized spacial score (nSPS) is 17.1. The van der Waals surface area contributed by atoms with Crippen LogP contribution in [0.4, 0.5) is 29.2 Å². The molecule has 2 aromatic heterocycles. The van der Waals surface area contributed by atoms with Crippen molar-refractivity contribution in [3.8, 4) is 11.6 Å². The molecule has 1 amide bonds. The molecule has 1 aromatic carbocycles. The Labute approximate surface area is 240 Å². The molecule has 2 heterocycles. The number of hydrogen-bond acceptors (Lipinski definition) is 7. The van der Waals surface area contributed by atoms with Crippen LogP contribution in [0.5, 0.6) is 11.6 Å². The molecule has 1 saturated carbocycles. The van der Waals surface area contributed by atoms with E-state index in [0.29, 0.717) is 18.8 Å². The van der Waals surface area contributed by atoms with Gasteiger partial charge in [0.2, 0.25) is 17.7 Å². The molecule has 0 aliphatic heterocycles. The number of alkyl halides is 3. The molecule has 0 radical (unpaired) electrons. The van der Waals surface area contributed by atoms with Crippen molar-refractivity contribution in [1.29, 1.82) is 0 Å². The predicted octanol–water partition coefficient (Wildman–Crippen LogP) is 6.70. The molecule has 0 spiro atoms. The van der Waals surface area contributed by atoms with Crippen LogP contribution in [0.15, 0.2) is 42.9 Å². The Balaban J connectivity index is 1.66. The first-order valence-corrected chi connectivity index (χ1v) is 13.5. The van der Waals surface area contributed by atoms with Crippen LogP contribution >= 0.6 is 0 Å². The number of nitrogens with zero attached hydrogens (tertiary/aromatic N) is 4. The van der Waals surface area contributed by atoms with Crippen LogP contribution in [0.1, 0.15) is 67.9 Å². The maximum atomic E-state index is 15.4. The molecule has 0 saturated heterocycles. The second-order valence-corrected chi connectivity index (χ2v) is 10.6. The molecule has 1 aliphatic rings. The lowest BCUT2D eigenvalue weighted by molar-refractivity contribution is -0.139. The van der Waals surface area contributed by atoms with Crippen molar-refractivity contribution in [1.82, 2.24) is 15.0 Å². The fourth-order valence-corrected chi connectivity index (χ4v) is 4.90. The summed E-state index contributed by atoms with van der Waals surface area (Å²) in [4.78, 5) is 38.6. The standard InChI is InChI=1S/C29H31F4N5O4/c1-16(2)38(26(39)19-7-5-17(3)6-8-19)23-13-22(30)24(12-20(23)27(40)41)42-25-21(29(31,32)33)11-18(14-36-25)15-37-28-34-9-4-10-35-28/h4,9-14,16-17,19H,5-8,15H2,1-3H3,(H,40,41)(H,34,35,37). The molecule has 224 valence electrons. The topological polar surface area (TPSA) is 118 Å². The van der Waals surface area contributed by atoms with Gasteiger partial charge in [0, 0.05) is 49.2 Å². The molecule has 0 unspecified atom stereocenters. The Kier molecular flexibility index (Phi) is 9.27. The third-order valence-electron chi connectivity index (χ3n) is 7.10. The highest BCUT2D eigenvalue weighted by Crippen LogP contribution is 2.40. The number of anilines is 2. The molecule has 3 aromatic rings. The van der Waals surface area contributed by atoms with Crippen LogP contribution in [0, 0.1) is 17.7 Å². The van der Waals surface area contributed by atoms with Crippen molar-refractivity contribution in [2.75, 3.05) is 10.2 Å². The molecule has 0 bridgehead atoms. The number of ether oxygens (including phenoxy) is 1. The van der Waals surface area contributed by atoms with Gasteiger partial charge in [0.1, 0.15) is 5.56 Å². The fourth-order valence-electron chi connectivity index (χ4n) is 4.90. The van der Waals surface area contributed by atoms with E-state index in [4.69, 9.17) is 4.74 Å². The van der Waals surface area contributed by atoms with Crippen molar-refractivity contribution in [2.24, 2.45) is 11.8 Å². The van der Waals surface area contributed by atoms with E-state index >= 15 is 4.39 Å². The monoisotopic (exact) mass is 589 g/mol. The summed E-state index contributed by atoms with van der Waals surface area (Å²) in [5.74, 6) is -4.38. The Bertz CT molecular complexity index is 1430. The van der Waals surface area contributed by atoms with Crippen molar-refractivity contribution in [3.05, 3.63) is 65.4 Å². The number of rotatable bonds is 9. The van der Waals surface area contributed by atoms with Gasteiger partial charge in [-0.1, -0.05) is 6.92 Å². The molecule has 1 fully saturated rings. The van der Waals surface area contributed by atoms with Crippen LogP contribution in [-0.4, -0.2) is 38.0 Å². The highest BCUT2D eigenvalue weighted by Gasteiger charge is 2.37. The number of benzene rings is 1. The maximum absolute atomic E-state index is 15.4. The molecule has 4 rings (SSSR count). The molecule has 42 heavy (non-hydrogen) atoms. The van der Waals surface area contributed by atoms with Gasteiger partial charge < -0.3 is 20.1 Å². The van der Waals surface area contributed by atoms with Gasteiger partial charge in [-0.25, -0.2) is 24.1 Å². The number of hydrogen-bond donors (Lipinski definition) is 2. The average molecular weight is 590 g/mol. The molecule has 0 atom stereocenters. The van der Waals surface area contributed by atoms with Crippen molar-refractivity contribution >= 4 is 23.5 Å². The third kappa shape index (κ3) is 7.12. The highest BCUT2D eigenvalue weighted by molar-refractivity contribution is 6.03. The van der Waals surface area contributed by atoms with Crippen molar-refractivity contribution < 1.29 is 37.0 Å². The van der Waals surface area contributed by atoms with E-state index in [1.54, 1.807) is 19.9 Å². The number of carboxylic acid groups (broad SMARTS) is 1. The van der Waals surface area contributed by atoms with E-state index in [1.807, 2.05) is 0 Å². The van der Waals surface area contributed by atoms with E-state index in [2.05, 4.69) is 27.2 Å². The second kappa shape index (κ2) is 12.7. The van der Waals surface area contributed by atoms with Gasteiger partial charge in [0.05, 0.1) is 11.3 Å². The third-order valence-corrected chi connectivity index (χ3v) is 7.10. The predicted molar refractivity (Wildman–Crippen MR) is 146 cm³/mol. The molecular weight excluding hydrogens is 558 g/mol. The first-order valence-electron chi connectivity index (χ1n) is 13.5. The Hall–Kier alpha value is -4.29. The molecule has 2 N–H and O–H groups in total. The van der Waals surface area contributed by atoms with Gasteiger partial charge in [-0.3, -0.25) is 4.79 Å². The molecular formula is C29H31F4N5O4. The first-order chi connectivity index (χ1) is 19.8. The summed E-state index contributed by atoms with van der Waals surface area (Å²) in [7, 11) is 0. The minimum absolute atomic E-state index is 0.0917. The quantitative estimate of drug-likeness (QED) is 0.265. The summed E-state index contributed by atoms with van der Waals surface area (Å²) in [6, 6.07) is 3.45. The molecule has 13 heteroatoms. The van der Waals surface area contributed by atoms with E-state index < -0.39 is 46.8 Å². The lowest BCUT2D eigenvalue weighted by atomic mass is 9.82. The van der Waals surface area contributed by atoms with Gasteiger partial charge >= 0.3 is 12.1 Å². The van der Waals surface area contributed by atoms with Crippen LogP contribution in [0.3, 0.4) is 0 Å². The van der Waals surface area contributed by atoms with E-state index in [0.717, 1.165) is 37.2 Å². The Morgan fingerprint density at radius 1 is 1.10 bits per heavy atom. The summed E-state index contributed by atoms with van der Waals surface area (Å²) in [6.45, 7) is 5.36. The number of aromatic carboxylic acids is 1.